The third-order valence-corrected chi connectivity index (χ3v) is 5.51. The largest absolute Gasteiger partial charge is 0.494 e. The first-order valence-corrected chi connectivity index (χ1v) is 10.4. The zero-order valence-electron chi connectivity index (χ0n) is 16.3. The van der Waals surface area contributed by atoms with Gasteiger partial charge < -0.3 is 9.64 Å². The molecular weight excluding hydrogens is 394 g/mol. The van der Waals surface area contributed by atoms with Gasteiger partial charge in [0.1, 0.15) is 5.75 Å². The Hall–Kier alpha value is -2.15. The number of aromatic nitrogens is 1. The van der Waals surface area contributed by atoms with E-state index in [1.807, 2.05) is 63.5 Å². The molecule has 3 rings (SSSR count). The second-order valence-corrected chi connectivity index (χ2v) is 8.16. The van der Waals surface area contributed by atoms with Crippen LogP contribution in [0.15, 0.2) is 42.5 Å². The van der Waals surface area contributed by atoms with E-state index in [9.17, 15) is 4.79 Å². The zero-order valence-corrected chi connectivity index (χ0v) is 17.9. The molecule has 0 aliphatic rings. The Morgan fingerprint density at radius 2 is 1.89 bits per heavy atom. The summed E-state index contributed by atoms with van der Waals surface area (Å²) in [5.74, 6) is 0.836. The lowest BCUT2D eigenvalue weighted by atomic mass is 10.1. The van der Waals surface area contributed by atoms with Gasteiger partial charge in [-0.1, -0.05) is 35.1 Å². The van der Waals surface area contributed by atoms with Crippen molar-refractivity contribution >= 4 is 44.2 Å². The lowest BCUT2D eigenvalue weighted by molar-refractivity contribution is -0.118. The van der Waals surface area contributed by atoms with Gasteiger partial charge in [-0.3, -0.25) is 9.69 Å². The quantitative estimate of drug-likeness (QED) is 0.542. The number of ether oxygens (including phenoxy) is 1. The average molecular weight is 418 g/mol. The number of nitrogens with zero attached hydrogens (tertiary/aromatic N) is 3. The van der Waals surface area contributed by atoms with Crippen molar-refractivity contribution in [1.82, 2.24) is 9.88 Å². The van der Waals surface area contributed by atoms with E-state index in [-0.39, 0.29) is 5.91 Å². The molecule has 2 aromatic carbocycles. The normalized spacial score (nSPS) is 11.2. The lowest BCUT2D eigenvalue weighted by Crippen LogP contribution is -2.37. The van der Waals surface area contributed by atoms with Gasteiger partial charge >= 0.3 is 0 Å². The minimum atomic E-state index is 0.0242. The molecule has 148 valence electrons. The van der Waals surface area contributed by atoms with Crippen molar-refractivity contribution < 1.29 is 9.53 Å². The van der Waals surface area contributed by atoms with Gasteiger partial charge in [-0.2, -0.15) is 0 Å². The highest BCUT2D eigenvalue weighted by Gasteiger charge is 2.20. The van der Waals surface area contributed by atoms with Crippen LogP contribution in [0.3, 0.4) is 0 Å². The fourth-order valence-electron chi connectivity index (χ4n) is 2.77. The molecule has 0 aliphatic carbocycles. The molecule has 0 atom stereocenters. The summed E-state index contributed by atoms with van der Waals surface area (Å²) in [6, 6.07) is 13.3. The van der Waals surface area contributed by atoms with Gasteiger partial charge in [0.05, 0.1) is 23.2 Å². The number of anilines is 1. The summed E-state index contributed by atoms with van der Waals surface area (Å²) >= 11 is 7.59. The first kappa shape index (κ1) is 20.6. The third kappa shape index (κ3) is 5.22. The Morgan fingerprint density at radius 1 is 1.14 bits per heavy atom. The summed E-state index contributed by atoms with van der Waals surface area (Å²) in [6.45, 7) is 3.91. The van der Waals surface area contributed by atoms with E-state index in [4.69, 9.17) is 16.3 Å². The van der Waals surface area contributed by atoms with E-state index in [1.165, 1.54) is 11.3 Å². The summed E-state index contributed by atoms with van der Waals surface area (Å²) in [4.78, 5) is 21.6. The van der Waals surface area contributed by atoms with Crippen molar-refractivity contribution in [2.45, 2.75) is 13.3 Å². The minimum Gasteiger partial charge on any atom is -0.494 e. The first-order valence-electron chi connectivity index (χ1n) is 9.19. The molecule has 28 heavy (non-hydrogen) atoms. The van der Waals surface area contributed by atoms with Crippen molar-refractivity contribution in [3.63, 3.8) is 0 Å². The molecule has 3 aromatic rings. The number of benzene rings is 2. The van der Waals surface area contributed by atoms with Crippen LogP contribution in [-0.4, -0.2) is 49.6 Å². The van der Waals surface area contributed by atoms with E-state index in [1.54, 1.807) is 4.90 Å². The Labute approximate surface area is 174 Å². The summed E-state index contributed by atoms with van der Waals surface area (Å²) in [7, 11) is 3.99. The molecule has 0 aliphatic heterocycles. The highest BCUT2D eigenvalue weighted by Crippen LogP contribution is 2.31. The fraction of sp³-hybridized carbons (Fsp3) is 0.333. The van der Waals surface area contributed by atoms with Crippen molar-refractivity contribution in [1.29, 1.82) is 0 Å². The van der Waals surface area contributed by atoms with Crippen molar-refractivity contribution in [3.8, 4) is 5.75 Å². The number of rotatable bonds is 8. The molecule has 0 N–H and O–H groups in total. The zero-order chi connectivity index (χ0) is 20.1. The van der Waals surface area contributed by atoms with Crippen LogP contribution in [-0.2, 0) is 11.2 Å². The number of halogens is 1. The number of carbonyl (C=O) groups is 1. The van der Waals surface area contributed by atoms with E-state index < -0.39 is 0 Å². The maximum absolute atomic E-state index is 13.1. The Balaban J connectivity index is 1.82. The standard InChI is InChI=1S/C21H24ClN3O2S/c1-4-27-17-8-5-15(6-9-17)13-20(26)25(12-11-24(2)3)21-23-18-10-7-16(22)14-19(18)28-21/h5-10,14H,4,11-13H2,1-3H3. The number of amides is 1. The first-order chi connectivity index (χ1) is 13.5. The summed E-state index contributed by atoms with van der Waals surface area (Å²) < 4.78 is 6.45. The second-order valence-electron chi connectivity index (χ2n) is 6.71. The molecule has 7 heteroatoms. The maximum Gasteiger partial charge on any atom is 0.233 e. The molecule has 1 aromatic heterocycles. The third-order valence-electron chi connectivity index (χ3n) is 4.23. The molecule has 1 amide bonds. The van der Waals surface area contributed by atoms with Gasteiger partial charge in [-0.05, 0) is 56.9 Å². The van der Waals surface area contributed by atoms with Crippen LogP contribution in [0.2, 0.25) is 5.02 Å². The summed E-state index contributed by atoms with van der Waals surface area (Å²) in [6.07, 6.45) is 0.316. The number of thiazole rings is 1. The molecule has 0 unspecified atom stereocenters. The molecule has 5 nitrogen and oxygen atoms in total. The summed E-state index contributed by atoms with van der Waals surface area (Å²) in [5, 5.41) is 1.37. The number of fused-ring (bicyclic) bond motifs is 1. The van der Waals surface area contributed by atoms with Crippen LogP contribution >= 0.6 is 22.9 Å². The molecular formula is C21H24ClN3O2S. The van der Waals surface area contributed by atoms with Crippen LogP contribution in [0.1, 0.15) is 12.5 Å². The van der Waals surface area contributed by atoms with Crippen LogP contribution in [0, 0.1) is 0 Å². The van der Waals surface area contributed by atoms with E-state index >= 15 is 0 Å². The van der Waals surface area contributed by atoms with Gasteiger partial charge in [0.2, 0.25) is 5.91 Å². The number of hydrogen-bond acceptors (Lipinski definition) is 5. The second kappa shape index (κ2) is 9.37. The minimum absolute atomic E-state index is 0.0242. The molecule has 1 heterocycles. The number of likely N-dealkylation sites (N-methyl/N-ethyl adjacent to an activating group) is 1. The van der Waals surface area contributed by atoms with Gasteiger partial charge in [0.25, 0.3) is 0 Å². The van der Waals surface area contributed by atoms with E-state index in [2.05, 4.69) is 9.88 Å². The maximum atomic E-state index is 13.1. The monoisotopic (exact) mass is 417 g/mol. The highest BCUT2D eigenvalue weighted by molar-refractivity contribution is 7.22. The fourth-order valence-corrected chi connectivity index (χ4v) is 4.05. The Morgan fingerprint density at radius 3 is 2.57 bits per heavy atom. The van der Waals surface area contributed by atoms with Crippen molar-refractivity contribution in [2.75, 3.05) is 38.7 Å². The average Bonchev–Trinajstić information content (AvgIpc) is 3.06. The van der Waals surface area contributed by atoms with Gasteiger partial charge in [0, 0.05) is 18.1 Å². The van der Waals surface area contributed by atoms with Gasteiger partial charge in [-0.15, -0.1) is 0 Å². The molecule has 0 saturated carbocycles. The Bertz CT molecular complexity index is 940. The van der Waals surface area contributed by atoms with Crippen LogP contribution < -0.4 is 9.64 Å². The lowest BCUT2D eigenvalue weighted by Gasteiger charge is -2.22. The molecule has 0 spiro atoms. The van der Waals surface area contributed by atoms with Gasteiger partial charge in [0.15, 0.2) is 5.13 Å². The smallest absolute Gasteiger partial charge is 0.233 e. The van der Waals surface area contributed by atoms with E-state index in [0.717, 1.165) is 28.1 Å². The van der Waals surface area contributed by atoms with Crippen molar-refractivity contribution in [2.24, 2.45) is 0 Å². The molecule has 0 saturated heterocycles. The van der Waals surface area contributed by atoms with Crippen LogP contribution in [0.5, 0.6) is 5.75 Å². The molecule has 0 radical (unpaired) electrons. The molecule has 0 bridgehead atoms. The van der Waals surface area contributed by atoms with E-state index in [0.29, 0.717) is 29.7 Å². The van der Waals surface area contributed by atoms with Gasteiger partial charge in [-0.25, -0.2) is 4.98 Å². The molecule has 0 fully saturated rings. The van der Waals surface area contributed by atoms with Crippen LogP contribution in [0.4, 0.5) is 5.13 Å². The van der Waals surface area contributed by atoms with Crippen molar-refractivity contribution in [3.05, 3.63) is 53.1 Å². The predicted octanol–water partition coefficient (Wildman–Crippen LogP) is 4.49. The topological polar surface area (TPSA) is 45.7 Å². The number of hydrogen-bond donors (Lipinski definition) is 0. The summed E-state index contributed by atoms with van der Waals surface area (Å²) in [5.41, 5.74) is 1.81. The Kier molecular flexibility index (Phi) is 6.88. The predicted molar refractivity (Wildman–Crippen MR) is 117 cm³/mol. The van der Waals surface area contributed by atoms with Crippen LogP contribution in [0.25, 0.3) is 10.2 Å². The highest BCUT2D eigenvalue weighted by atomic mass is 35.5. The SMILES string of the molecule is CCOc1ccc(CC(=O)N(CCN(C)C)c2nc3ccc(Cl)cc3s2)cc1. The number of carbonyl (C=O) groups excluding carboxylic acids is 1.